The zero-order valence-corrected chi connectivity index (χ0v) is 10.9. The molecule has 108 valence electrons. The van der Waals surface area contributed by atoms with Crippen LogP contribution in [0.1, 0.15) is 23.3 Å². The SMILES string of the molecule is NC(=O)c1cc(NC(=O)CN2CCCC(N)C2=O)c[nH]1. The highest BCUT2D eigenvalue weighted by atomic mass is 16.2. The predicted octanol–water partition coefficient (Wildman–Crippen LogP) is -0.998. The molecule has 1 saturated heterocycles. The van der Waals surface area contributed by atoms with Crippen molar-refractivity contribution in [3.63, 3.8) is 0 Å². The summed E-state index contributed by atoms with van der Waals surface area (Å²) in [5.74, 6) is -1.16. The van der Waals surface area contributed by atoms with Crippen LogP contribution in [0.25, 0.3) is 0 Å². The highest BCUT2D eigenvalue weighted by Gasteiger charge is 2.27. The first-order valence-corrected chi connectivity index (χ1v) is 6.30. The Morgan fingerprint density at radius 3 is 2.90 bits per heavy atom. The maximum absolute atomic E-state index is 11.8. The van der Waals surface area contributed by atoms with Crippen molar-refractivity contribution in [1.29, 1.82) is 0 Å². The molecule has 0 aromatic carbocycles. The van der Waals surface area contributed by atoms with Gasteiger partial charge < -0.3 is 26.7 Å². The largest absolute Gasteiger partial charge is 0.364 e. The molecule has 1 aliphatic heterocycles. The Balaban J connectivity index is 1.91. The van der Waals surface area contributed by atoms with Gasteiger partial charge in [0.15, 0.2) is 0 Å². The number of rotatable bonds is 4. The zero-order chi connectivity index (χ0) is 14.7. The number of carbonyl (C=O) groups excluding carboxylic acids is 3. The van der Waals surface area contributed by atoms with Gasteiger partial charge in [-0.2, -0.15) is 0 Å². The van der Waals surface area contributed by atoms with Crippen LogP contribution in [0, 0.1) is 0 Å². The molecule has 2 heterocycles. The summed E-state index contributed by atoms with van der Waals surface area (Å²) < 4.78 is 0. The maximum Gasteiger partial charge on any atom is 0.265 e. The molecule has 0 bridgehead atoms. The molecule has 8 nitrogen and oxygen atoms in total. The Morgan fingerprint density at radius 2 is 2.25 bits per heavy atom. The molecule has 1 fully saturated rings. The molecule has 1 aromatic heterocycles. The molecule has 0 radical (unpaired) electrons. The number of carbonyl (C=O) groups is 3. The van der Waals surface area contributed by atoms with Gasteiger partial charge in [-0.1, -0.05) is 0 Å². The number of likely N-dealkylation sites (tertiary alicyclic amines) is 1. The second-order valence-corrected chi connectivity index (χ2v) is 4.72. The number of hydrogen-bond acceptors (Lipinski definition) is 4. The number of aromatic nitrogens is 1. The first kappa shape index (κ1) is 14.1. The second kappa shape index (κ2) is 5.74. The van der Waals surface area contributed by atoms with E-state index in [0.29, 0.717) is 18.7 Å². The average molecular weight is 279 g/mol. The summed E-state index contributed by atoms with van der Waals surface area (Å²) in [4.78, 5) is 38.6. The molecule has 0 spiro atoms. The summed E-state index contributed by atoms with van der Waals surface area (Å²) in [6.45, 7) is 0.475. The Labute approximate surface area is 115 Å². The van der Waals surface area contributed by atoms with E-state index in [9.17, 15) is 14.4 Å². The van der Waals surface area contributed by atoms with Gasteiger partial charge in [0.25, 0.3) is 5.91 Å². The van der Waals surface area contributed by atoms with Crippen molar-refractivity contribution in [2.24, 2.45) is 11.5 Å². The fourth-order valence-corrected chi connectivity index (χ4v) is 2.11. The number of piperidine rings is 1. The Bertz CT molecular complexity index is 539. The monoisotopic (exact) mass is 279 g/mol. The number of anilines is 1. The number of H-pyrrole nitrogens is 1. The molecule has 1 aliphatic rings. The average Bonchev–Trinajstić information content (AvgIpc) is 2.83. The van der Waals surface area contributed by atoms with Gasteiger partial charge >= 0.3 is 0 Å². The van der Waals surface area contributed by atoms with E-state index in [2.05, 4.69) is 10.3 Å². The fraction of sp³-hybridized carbons (Fsp3) is 0.417. The summed E-state index contributed by atoms with van der Waals surface area (Å²) in [5.41, 5.74) is 11.4. The van der Waals surface area contributed by atoms with Gasteiger partial charge in [-0.25, -0.2) is 0 Å². The lowest BCUT2D eigenvalue weighted by Gasteiger charge is -2.29. The van der Waals surface area contributed by atoms with Crippen LogP contribution in [-0.2, 0) is 9.59 Å². The van der Waals surface area contributed by atoms with Crippen LogP contribution in [0.2, 0.25) is 0 Å². The molecule has 0 saturated carbocycles. The van der Waals surface area contributed by atoms with E-state index < -0.39 is 11.9 Å². The number of nitrogens with one attached hydrogen (secondary N) is 2. The van der Waals surface area contributed by atoms with Crippen LogP contribution in [-0.4, -0.2) is 46.7 Å². The molecular formula is C12H17N5O3. The van der Waals surface area contributed by atoms with Crippen molar-refractivity contribution in [2.45, 2.75) is 18.9 Å². The third kappa shape index (κ3) is 3.15. The van der Waals surface area contributed by atoms with Crippen molar-refractivity contribution in [2.75, 3.05) is 18.4 Å². The third-order valence-corrected chi connectivity index (χ3v) is 3.14. The number of aromatic amines is 1. The summed E-state index contributed by atoms with van der Waals surface area (Å²) in [5, 5.41) is 2.59. The van der Waals surface area contributed by atoms with Crippen LogP contribution < -0.4 is 16.8 Å². The molecule has 1 aromatic rings. The Morgan fingerprint density at radius 1 is 1.50 bits per heavy atom. The predicted molar refractivity (Wildman–Crippen MR) is 71.7 cm³/mol. The number of amides is 3. The van der Waals surface area contributed by atoms with Gasteiger partial charge in [-0.3, -0.25) is 14.4 Å². The van der Waals surface area contributed by atoms with Crippen molar-refractivity contribution in [3.8, 4) is 0 Å². The smallest absolute Gasteiger partial charge is 0.265 e. The third-order valence-electron chi connectivity index (χ3n) is 3.14. The van der Waals surface area contributed by atoms with Crippen LogP contribution in [0.4, 0.5) is 5.69 Å². The minimum absolute atomic E-state index is 0.0520. The van der Waals surface area contributed by atoms with Gasteiger partial charge in [-0.05, 0) is 18.9 Å². The summed E-state index contributed by atoms with van der Waals surface area (Å²) in [6, 6.07) is 0.912. The van der Waals surface area contributed by atoms with E-state index in [1.165, 1.54) is 17.2 Å². The number of primary amides is 1. The van der Waals surface area contributed by atoms with Gasteiger partial charge in [0.2, 0.25) is 11.8 Å². The minimum atomic E-state index is -0.609. The van der Waals surface area contributed by atoms with E-state index in [-0.39, 0.29) is 24.1 Å². The summed E-state index contributed by atoms with van der Waals surface area (Å²) >= 11 is 0. The minimum Gasteiger partial charge on any atom is -0.364 e. The van der Waals surface area contributed by atoms with Gasteiger partial charge in [0.05, 0.1) is 18.3 Å². The number of nitrogens with zero attached hydrogens (tertiary/aromatic N) is 1. The molecule has 2 rings (SSSR count). The number of hydrogen-bond donors (Lipinski definition) is 4. The van der Waals surface area contributed by atoms with Gasteiger partial charge in [0.1, 0.15) is 5.69 Å². The quantitative estimate of drug-likeness (QED) is 0.562. The first-order valence-electron chi connectivity index (χ1n) is 6.30. The standard InChI is InChI=1S/C12H17N5O3/c13-8-2-1-3-17(12(8)20)6-10(18)16-7-4-9(11(14)19)15-5-7/h4-5,8,15H,1-3,6,13H2,(H2,14,19)(H,16,18). The number of nitrogens with two attached hydrogens (primary N) is 2. The van der Waals surface area contributed by atoms with Crippen molar-refractivity contribution < 1.29 is 14.4 Å². The molecule has 0 aliphatic carbocycles. The van der Waals surface area contributed by atoms with Crippen LogP contribution >= 0.6 is 0 Å². The summed E-state index contributed by atoms with van der Waals surface area (Å²) in [6.07, 6.45) is 2.90. The van der Waals surface area contributed by atoms with Gasteiger partial charge in [-0.15, -0.1) is 0 Å². The second-order valence-electron chi connectivity index (χ2n) is 4.72. The van der Waals surface area contributed by atoms with Crippen molar-refractivity contribution >= 4 is 23.4 Å². The van der Waals surface area contributed by atoms with Gasteiger partial charge in [0, 0.05) is 12.7 Å². The molecule has 1 atom stereocenters. The molecule has 1 unspecified atom stereocenters. The summed E-state index contributed by atoms with van der Waals surface area (Å²) in [7, 11) is 0. The molecule has 20 heavy (non-hydrogen) atoms. The lowest BCUT2D eigenvalue weighted by atomic mass is 10.1. The van der Waals surface area contributed by atoms with E-state index >= 15 is 0 Å². The Kier molecular flexibility index (Phi) is 4.04. The van der Waals surface area contributed by atoms with Crippen LogP contribution in [0.15, 0.2) is 12.3 Å². The molecule has 8 heteroatoms. The first-order chi connectivity index (χ1) is 9.47. The Hall–Kier alpha value is -2.35. The lowest BCUT2D eigenvalue weighted by Crippen LogP contribution is -2.50. The van der Waals surface area contributed by atoms with E-state index in [4.69, 9.17) is 11.5 Å². The lowest BCUT2D eigenvalue weighted by molar-refractivity contribution is -0.137. The van der Waals surface area contributed by atoms with E-state index in [1.54, 1.807) is 0 Å². The van der Waals surface area contributed by atoms with E-state index in [0.717, 1.165) is 6.42 Å². The fourth-order valence-electron chi connectivity index (χ4n) is 2.11. The highest BCUT2D eigenvalue weighted by molar-refractivity contribution is 5.97. The topological polar surface area (TPSA) is 134 Å². The van der Waals surface area contributed by atoms with Crippen molar-refractivity contribution in [1.82, 2.24) is 9.88 Å². The van der Waals surface area contributed by atoms with Crippen LogP contribution in [0.5, 0.6) is 0 Å². The normalized spacial score (nSPS) is 18.9. The molecule has 3 amide bonds. The van der Waals surface area contributed by atoms with Crippen molar-refractivity contribution in [3.05, 3.63) is 18.0 Å². The molecule has 6 N–H and O–H groups in total. The maximum atomic E-state index is 11.8. The van der Waals surface area contributed by atoms with E-state index in [1.807, 2.05) is 0 Å². The molecular weight excluding hydrogens is 262 g/mol. The zero-order valence-electron chi connectivity index (χ0n) is 10.9. The highest BCUT2D eigenvalue weighted by Crippen LogP contribution is 2.11. The van der Waals surface area contributed by atoms with Crippen LogP contribution in [0.3, 0.4) is 0 Å².